The molecule has 5 rings (SSSR count). The maximum Gasteiger partial charge on any atom is 0.341 e. The number of carboxylic acids is 1. The van der Waals surface area contributed by atoms with Crippen LogP contribution in [-0.2, 0) is 4.74 Å². The van der Waals surface area contributed by atoms with Crippen molar-refractivity contribution in [3.05, 3.63) is 33.9 Å². The number of nitrogens with zero attached hydrogens (tertiary/aromatic N) is 2. The van der Waals surface area contributed by atoms with Gasteiger partial charge < -0.3 is 29.4 Å². The minimum absolute atomic E-state index is 0.0200. The second kappa shape index (κ2) is 8.00. The summed E-state index contributed by atoms with van der Waals surface area (Å²) in [5, 5.41) is 12.6. The zero-order valence-electron chi connectivity index (χ0n) is 17.6. The Bertz CT molecular complexity index is 1130. The van der Waals surface area contributed by atoms with Gasteiger partial charge in [0.05, 0.1) is 29.1 Å². The summed E-state index contributed by atoms with van der Waals surface area (Å²) in [6.07, 6.45) is 3.49. The molecule has 3 aliphatic rings. The van der Waals surface area contributed by atoms with Crippen LogP contribution in [0.5, 0.6) is 5.75 Å². The van der Waals surface area contributed by atoms with Gasteiger partial charge in [0.1, 0.15) is 24.5 Å². The number of nitrogens with one attached hydrogen (secondary N) is 1. The van der Waals surface area contributed by atoms with Crippen LogP contribution in [0.1, 0.15) is 35.7 Å². The van der Waals surface area contributed by atoms with E-state index < -0.39 is 29.5 Å². The van der Waals surface area contributed by atoms with Crippen molar-refractivity contribution < 1.29 is 28.2 Å². The minimum Gasteiger partial charge on any atom is -0.486 e. The number of pyridine rings is 1. The molecule has 2 saturated heterocycles. The number of fused-ring (bicyclic) bond motifs is 2. The van der Waals surface area contributed by atoms with Crippen molar-refractivity contribution in [3.63, 3.8) is 0 Å². The van der Waals surface area contributed by atoms with E-state index >= 15 is 4.39 Å². The van der Waals surface area contributed by atoms with Crippen molar-refractivity contribution in [2.45, 2.75) is 43.5 Å². The van der Waals surface area contributed by atoms with Gasteiger partial charge in [-0.05, 0) is 32.4 Å². The van der Waals surface area contributed by atoms with Crippen LogP contribution < -0.4 is 20.4 Å². The highest BCUT2D eigenvalue weighted by Crippen LogP contribution is 2.46. The summed E-state index contributed by atoms with van der Waals surface area (Å²) in [6, 6.07) is 0.963. The van der Waals surface area contributed by atoms with Gasteiger partial charge >= 0.3 is 5.97 Å². The van der Waals surface area contributed by atoms with Crippen molar-refractivity contribution in [3.8, 4) is 5.75 Å². The molecule has 0 spiro atoms. The molecule has 3 unspecified atom stereocenters. The number of likely N-dealkylation sites (N-methyl/N-ethyl adjacent to an activating group) is 1. The molecule has 1 aromatic heterocycles. The van der Waals surface area contributed by atoms with Gasteiger partial charge in [0.25, 0.3) is 0 Å². The quantitative estimate of drug-likeness (QED) is 0.669. The molecule has 0 radical (unpaired) electrons. The van der Waals surface area contributed by atoms with E-state index in [4.69, 9.17) is 9.47 Å². The number of ether oxygens (including phenoxy) is 2. The number of anilines is 1. The molecule has 1 saturated carbocycles. The molecule has 8 nitrogen and oxygen atoms in total. The number of alkyl halides is 1. The zero-order valence-corrected chi connectivity index (χ0v) is 17.6. The molecule has 2 N–H and O–H groups in total. The molecule has 0 bridgehead atoms. The van der Waals surface area contributed by atoms with E-state index in [-0.39, 0.29) is 47.7 Å². The number of hydrogen-bond acceptors (Lipinski definition) is 6. The van der Waals surface area contributed by atoms with Gasteiger partial charge in [-0.15, -0.1) is 0 Å². The van der Waals surface area contributed by atoms with E-state index in [0.717, 1.165) is 18.9 Å². The first-order valence-corrected chi connectivity index (χ1v) is 10.8. The third-order valence-electron chi connectivity index (χ3n) is 6.64. The second-order valence-corrected chi connectivity index (χ2v) is 8.52. The predicted octanol–water partition coefficient (Wildman–Crippen LogP) is 2.09. The highest BCUT2D eigenvalue weighted by molar-refractivity contribution is 5.97. The Hall–Kier alpha value is -2.72. The lowest BCUT2D eigenvalue weighted by molar-refractivity contribution is 0.0694. The summed E-state index contributed by atoms with van der Waals surface area (Å²) in [5.41, 5.74) is -0.720. The van der Waals surface area contributed by atoms with Crippen LogP contribution in [0.4, 0.5) is 14.5 Å². The number of rotatable bonds is 7. The Labute approximate surface area is 182 Å². The van der Waals surface area contributed by atoms with Crippen LogP contribution in [0.3, 0.4) is 0 Å². The molecule has 1 aliphatic carbocycles. The molecule has 3 atom stereocenters. The summed E-state index contributed by atoms with van der Waals surface area (Å²) in [5.74, 6) is -1.99. The largest absolute Gasteiger partial charge is 0.486 e. The molecule has 1 aromatic carbocycles. The molecule has 32 heavy (non-hydrogen) atoms. The van der Waals surface area contributed by atoms with Crippen molar-refractivity contribution in [1.29, 1.82) is 0 Å². The Morgan fingerprint density at radius 3 is 2.81 bits per heavy atom. The van der Waals surface area contributed by atoms with Crippen LogP contribution in [-0.4, -0.2) is 67.3 Å². The number of hydrogen-bond donors (Lipinski definition) is 2. The lowest BCUT2D eigenvalue weighted by Crippen LogP contribution is -2.37. The second-order valence-electron chi connectivity index (χ2n) is 8.52. The fourth-order valence-corrected chi connectivity index (χ4v) is 5.06. The Balaban J connectivity index is 1.78. The summed E-state index contributed by atoms with van der Waals surface area (Å²) < 4.78 is 42.1. The fourth-order valence-electron chi connectivity index (χ4n) is 5.06. The normalized spacial score (nSPS) is 24.8. The predicted molar refractivity (Wildman–Crippen MR) is 113 cm³/mol. The number of halogens is 2. The van der Waals surface area contributed by atoms with Gasteiger partial charge in [0, 0.05) is 25.4 Å². The first-order valence-electron chi connectivity index (χ1n) is 10.8. The van der Waals surface area contributed by atoms with Gasteiger partial charge in [-0.3, -0.25) is 4.79 Å². The van der Waals surface area contributed by atoms with Gasteiger partial charge in [-0.2, -0.15) is 0 Å². The van der Waals surface area contributed by atoms with Gasteiger partial charge in [0.2, 0.25) is 5.43 Å². The van der Waals surface area contributed by atoms with E-state index in [2.05, 4.69) is 5.32 Å². The van der Waals surface area contributed by atoms with Crippen LogP contribution >= 0.6 is 0 Å². The molecule has 2 aliphatic heterocycles. The molecule has 3 fully saturated rings. The van der Waals surface area contributed by atoms with Crippen LogP contribution in [0.25, 0.3) is 10.9 Å². The van der Waals surface area contributed by atoms with E-state index in [1.165, 1.54) is 6.20 Å². The first kappa shape index (κ1) is 21.1. The third kappa shape index (κ3) is 3.24. The van der Waals surface area contributed by atoms with E-state index in [9.17, 15) is 19.1 Å². The standard InChI is InChI=1S/C22H25F2N3O5/c1-25-15-10-27(16-4-6-31-20(15)16)18-14(24)8-12-17(21(18)32-7-5-23)26(11-2-3-11)9-13(19(12)28)22(29)30/h8-9,11,15-16,20,25H,2-7,10H2,1H3,(H,29,30). The molecule has 0 amide bonds. The number of aromatic carboxylic acids is 1. The first-order chi connectivity index (χ1) is 15.5. The zero-order chi connectivity index (χ0) is 22.6. The molecule has 10 heteroatoms. The highest BCUT2D eigenvalue weighted by atomic mass is 19.1. The minimum atomic E-state index is -1.37. The van der Waals surface area contributed by atoms with Crippen molar-refractivity contribution in [2.24, 2.45) is 0 Å². The van der Waals surface area contributed by atoms with Gasteiger partial charge in [-0.25, -0.2) is 13.6 Å². The monoisotopic (exact) mass is 449 g/mol. The fraction of sp³-hybridized carbons (Fsp3) is 0.545. The smallest absolute Gasteiger partial charge is 0.341 e. The Morgan fingerprint density at radius 2 is 2.16 bits per heavy atom. The maximum absolute atomic E-state index is 15.6. The Kier molecular flexibility index (Phi) is 5.29. The average molecular weight is 449 g/mol. The molecule has 172 valence electrons. The van der Waals surface area contributed by atoms with Crippen molar-refractivity contribution in [1.82, 2.24) is 9.88 Å². The molecule has 2 aromatic rings. The van der Waals surface area contributed by atoms with Crippen LogP contribution in [0, 0.1) is 5.82 Å². The van der Waals surface area contributed by atoms with Crippen LogP contribution in [0.15, 0.2) is 17.1 Å². The SMILES string of the molecule is CNC1CN(c2c(F)cc3c(=O)c(C(=O)O)cn(C4CC4)c3c2OCCF)C2CCOC12. The summed E-state index contributed by atoms with van der Waals surface area (Å²) >= 11 is 0. The summed E-state index contributed by atoms with van der Waals surface area (Å²) in [7, 11) is 1.82. The van der Waals surface area contributed by atoms with Gasteiger partial charge in [0.15, 0.2) is 11.6 Å². The number of carboxylic acid groups (broad SMARTS) is 1. The molecular weight excluding hydrogens is 424 g/mol. The van der Waals surface area contributed by atoms with E-state index in [0.29, 0.717) is 25.1 Å². The molecular formula is C22H25F2N3O5. The van der Waals surface area contributed by atoms with Crippen LogP contribution in [0.2, 0.25) is 0 Å². The number of carbonyl (C=O) groups is 1. The van der Waals surface area contributed by atoms with Gasteiger partial charge in [-0.1, -0.05) is 0 Å². The topological polar surface area (TPSA) is 93.0 Å². The lowest BCUT2D eigenvalue weighted by Gasteiger charge is -2.29. The van der Waals surface area contributed by atoms with Crippen molar-refractivity contribution in [2.75, 3.05) is 38.4 Å². The van der Waals surface area contributed by atoms with E-state index in [1.807, 2.05) is 11.9 Å². The molecule has 3 heterocycles. The number of aromatic nitrogens is 1. The summed E-state index contributed by atoms with van der Waals surface area (Å²) in [6.45, 7) is -0.0820. The van der Waals surface area contributed by atoms with Crippen molar-refractivity contribution >= 4 is 22.6 Å². The third-order valence-corrected chi connectivity index (χ3v) is 6.64. The lowest BCUT2D eigenvalue weighted by atomic mass is 10.1. The average Bonchev–Trinajstić information content (AvgIpc) is 3.39. The Morgan fingerprint density at radius 1 is 1.38 bits per heavy atom. The van der Waals surface area contributed by atoms with E-state index in [1.54, 1.807) is 4.57 Å². The summed E-state index contributed by atoms with van der Waals surface area (Å²) in [4.78, 5) is 26.5. The number of benzene rings is 1. The maximum atomic E-state index is 15.6. The highest BCUT2D eigenvalue weighted by Gasteiger charge is 2.47.